The van der Waals surface area contributed by atoms with Gasteiger partial charge in [-0.3, -0.25) is 0 Å². The average Bonchev–Trinajstić information content (AvgIpc) is 3.49. The van der Waals surface area contributed by atoms with Crippen LogP contribution in [0.3, 0.4) is 0 Å². The Bertz CT molecular complexity index is 2680. The molecule has 0 saturated heterocycles. The molecule has 260 valence electrons. The number of hydrogen-bond donors (Lipinski definition) is 0. The summed E-state index contributed by atoms with van der Waals surface area (Å²) in [5, 5.41) is 5.00. The molecular formula is C53H42O. The monoisotopic (exact) mass is 694 g/mol. The van der Waals surface area contributed by atoms with Crippen molar-refractivity contribution in [2.75, 3.05) is 0 Å². The van der Waals surface area contributed by atoms with Crippen LogP contribution in [0.4, 0.5) is 0 Å². The molecule has 1 aliphatic carbocycles. The van der Waals surface area contributed by atoms with E-state index in [0.29, 0.717) is 0 Å². The van der Waals surface area contributed by atoms with Gasteiger partial charge in [0.15, 0.2) is 0 Å². The van der Waals surface area contributed by atoms with Crippen LogP contribution in [0, 0.1) is 0 Å². The first kappa shape index (κ1) is 33.4. The molecule has 0 amide bonds. The fourth-order valence-electron chi connectivity index (χ4n) is 8.39. The molecular weight excluding hydrogens is 653 g/mol. The first-order valence-electron chi connectivity index (χ1n) is 18.9. The van der Waals surface area contributed by atoms with Gasteiger partial charge in [-0.1, -0.05) is 177 Å². The van der Waals surface area contributed by atoms with E-state index in [1.165, 1.54) is 60.5 Å². The van der Waals surface area contributed by atoms with Gasteiger partial charge in [-0.2, -0.15) is 0 Å². The zero-order valence-electron chi connectivity index (χ0n) is 31.0. The van der Waals surface area contributed by atoms with Crippen molar-refractivity contribution in [3.8, 4) is 22.6 Å². The number of fused-ring (bicyclic) bond motifs is 5. The molecule has 0 heterocycles. The summed E-state index contributed by atoms with van der Waals surface area (Å²) in [6.45, 7) is 6.88. The third-order valence-corrected chi connectivity index (χ3v) is 11.4. The van der Waals surface area contributed by atoms with Gasteiger partial charge in [0.05, 0.1) is 0 Å². The Morgan fingerprint density at radius 1 is 0.519 bits per heavy atom. The normalized spacial score (nSPS) is 14.1. The van der Waals surface area contributed by atoms with E-state index in [-0.39, 0.29) is 5.92 Å². The fraction of sp³-hybridized carbons (Fsp3) is 0.0943. The van der Waals surface area contributed by atoms with Crippen LogP contribution in [0.15, 0.2) is 194 Å². The minimum Gasteiger partial charge on any atom is -0.457 e. The molecule has 8 aromatic rings. The Labute approximate surface area is 318 Å². The molecule has 54 heavy (non-hydrogen) atoms. The topological polar surface area (TPSA) is 9.23 Å². The fourth-order valence-corrected chi connectivity index (χ4v) is 8.39. The standard InChI is InChI=1S/C53H42O/c1-36(40-27-25-38-15-7-9-17-42(38)33-40)31-45(32-37(2)41-28-26-39-16-8-10-18-43(39)34-41)44-29-30-51(52(35-44)54-46-19-5-4-6-20-46)53(3)49-23-13-11-21-47(49)48-22-12-14-24-50(48)53/h4-36H,1-3H3/b37-32+,45-31+. The highest BCUT2D eigenvalue weighted by Crippen LogP contribution is 2.54. The Hall–Kier alpha value is -6.44. The molecule has 8 aromatic carbocycles. The van der Waals surface area contributed by atoms with Gasteiger partial charge in [0, 0.05) is 11.0 Å². The lowest BCUT2D eigenvalue weighted by Gasteiger charge is -2.30. The van der Waals surface area contributed by atoms with Crippen molar-refractivity contribution in [2.45, 2.75) is 32.1 Å². The van der Waals surface area contributed by atoms with Crippen LogP contribution in [0.1, 0.15) is 60.1 Å². The summed E-state index contributed by atoms with van der Waals surface area (Å²) < 4.78 is 6.94. The van der Waals surface area contributed by atoms with Crippen LogP contribution in [-0.2, 0) is 5.41 Å². The second kappa shape index (κ2) is 13.8. The van der Waals surface area contributed by atoms with Crippen LogP contribution in [0.5, 0.6) is 11.5 Å². The first-order chi connectivity index (χ1) is 26.5. The second-order valence-electron chi connectivity index (χ2n) is 14.7. The maximum Gasteiger partial charge on any atom is 0.132 e. The smallest absolute Gasteiger partial charge is 0.132 e. The second-order valence-corrected chi connectivity index (χ2v) is 14.7. The highest BCUT2D eigenvalue weighted by Gasteiger charge is 2.42. The van der Waals surface area contributed by atoms with Crippen molar-refractivity contribution in [2.24, 2.45) is 0 Å². The Balaban J connectivity index is 1.22. The van der Waals surface area contributed by atoms with Crippen LogP contribution < -0.4 is 4.74 Å². The number of para-hydroxylation sites is 1. The van der Waals surface area contributed by atoms with E-state index in [1.54, 1.807) is 0 Å². The molecule has 1 nitrogen and oxygen atoms in total. The van der Waals surface area contributed by atoms with Gasteiger partial charge in [0.1, 0.15) is 11.5 Å². The van der Waals surface area contributed by atoms with E-state index in [1.807, 2.05) is 30.3 Å². The average molecular weight is 695 g/mol. The van der Waals surface area contributed by atoms with Crippen molar-refractivity contribution >= 4 is 32.7 Å². The van der Waals surface area contributed by atoms with Crippen LogP contribution in [0.25, 0.3) is 43.8 Å². The molecule has 1 heteroatoms. The van der Waals surface area contributed by atoms with Gasteiger partial charge in [0.2, 0.25) is 0 Å². The van der Waals surface area contributed by atoms with Crippen LogP contribution in [-0.4, -0.2) is 0 Å². The lowest BCUT2D eigenvalue weighted by molar-refractivity contribution is 0.467. The molecule has 0 aromatic heterocycles. The van der Waals surface area contributed by atoms with E-state index in [2.05, 4.69) is 185 Å². The lowest BCUT2D eigenvalue weighted by atomic mass is 9.73. The van der Waals surface area contributed by atoms with E-state index < -0.39 is 5.41 Å². The number of allylic oxidation sites excluding steroid dienone is 4. The minimum atomic E-state index is -0.408. The molecule has 1 unspecified atom stereocenters. The molecule has 9 rings (SSSR count). The van der Waals surface area contributed by atoms with Gasteiger partial charge >= 0.3 is 0 Å². The summed E-state index contributed by atoms with van der Waals surface area (Å²) in [4.78, 5) is 0. The van der Waals surface area contributed by atoms with Gasteiger partial charge in [0.25, 0.3) is 0 Å². The van der Waals surface area contributed by atoms with Gasteiger partial charge in [-0.05, 0) is 116 Å². The number of rotatable bonds is 8. The predicted octanol–water partition coefficient (Wildman–Crippen LogP) is 14.4. The zero-order chi connectivity index (χ0) is 36.6. The minimum absolute atomic E-state index is 0.162. The number of benzene rings is 8. The van der Waals surface area contributed by atoms with E-state index in [9.17, 15) is 0 Å². The first-order valence-corrected chi connectivity index (χ1v) is 18.9. The third kappa shape index (κ3) is 6.02. The van der Waals surface area contributed by atoms with E-state index in [0.717, 1.165) is 28.2 Å². The molecule has 0 radical (unpaired) electrons. The number of hydrogen-bond acceptors (Lipinski definition) is 1. The van der Waals surface area contributed by atoms with Crippen molar-refractivity contribution in [3.05, 3.63) is 228 Å². The van der Waals surface area contributed by atoms with Gasteiger partial charge in [-0.15, -0.1) is 0 Å². The maximum atomic E-state index is 6.94. The Morgan fingerprint density at radius 2 is 1.07 bits per heavy atom. The lowest BCUT2D eigenvalue weighted by Crippen LogP contribution is -2.23. The molecule has 0 N–H and O–H groups in total. The van der Waals surface area contributed by atoms with Crippen LogP contribution >= 0.6 is 0 Å². The highest BCUT2D eigenvalue weighted by molar-refractivity contribution is 5.90. The van der Waals surface area contributed by atoms with Gasteiger partial charge < -0.3 is 4.74 Å². The Morgan fingerprint density at radius 3 is 1.76 bits per heavy atom. The summed E-state index contributed by atoms with van der Waals surface area (Å²) >= 11 is 0. The Kier molecular flexibility index (Phi) is 8.56. The SMILES string of the molecule is C/C(=C\C(=C/C(C)c1ccc2ccccc2c1)c1ccc(C2(C)c3ccccc3-c3ccccc32)c(Oc2ccccc2)c1)c1ccc2ccccc2c1. The molecule has 0 fully saturated rings. The summed E-state index contributed by atoms with van der Waals surface area (Å²) in [7, 11) is 0. The summed E-state index contributed by atoms with van der Waals surface area (Å²) in [5.41, 5.74) is 11.9. The van der Waals surface area contributed by atoms with Crippen molar-refractivity contribution in [1.82, 2.24) is 0 Å². The largest absolute Gasteiger partial charge is 0.457 e. The molecule has 1 aliphatic rings. The van der Waals surface area contributed by atoms with Crippen molar-refractivity contribution < 1.29 is 4.74 Å². The third-order valence-electron chi connectivity index (χ3n) is 11.4. The maximum absolute atomic E-state index is 6.94. The van der Waals surface area contributed by atoms with Crippen molar-refractivity contribution in [3.63, 3.8) is 0 Å². The van der Waals surface area contributed by atoms with E-state index in [4.69, 9.17) is 4.74 Å². The molecule has 0 saturated carbocycles. The van der Waals surface area contributed by atoms with Gasteiger partial charge in [-0.25, -0.2) is 0 Å². The predicted molar refractivity (Wildman–Crippen MR) is 228 cm³/mol. The zero-order valence-corrected chi connectivity index (χ0v) is 31.0. The molecule has 0 aliphatic heterocycles. The summed E-state index contributed by atoms with van der Waals surface area (Å²) in [6.07, 6.45) is 4.77. The molecule has 0 bridgehead atoms. The summed E-state index contributed by atoms with van der Waals surface area (Å²) in [5.74, 6) is 1.83. The highest BCUT2D eigenvalue weighted by atomic mass is 16.5. The van der Waals surface area contributed by atoms with Crippen molar-refractivity contribution in [1.29, 1.82) is 0 Å². The van der Waals surface area contributed by atoms with Crippen LogP contribution in [0.2, 0.25) is 0 Å². The quantitative estimate of drug-likeness (QED) is 0.144. The molecule has 0 spiro atoms. The van der Waals surface area contributed by atoms with E-state index >= 15 is 0 Å². The molecule has 1 atom stereocenters. The summed E-state index contributed by atoms with van der Waals surface area (Å²) in [6, 6.07) is 65.5. The number of ether oxygens (including phenoxy) is 1.